The van der Waals surface area contributed by atoms with Gasteiger partial charge in [0.25, 0.3) is 5.91 Å². The zero-order chi connectivity index (χ0) is 14.8. The zero-order valence-corrected chi connectivity index (χ0v) is 12.4. The smallest absolute Gasteiger partial charge is 0.272 e. The summed E-state index contributed by atoms with van der Waals surface area (Å²) >= 11 is 0. The van der Waals surface area contributed by atoms with E-state index in [-0.39, 0.29) is 11.4 Å². The average Bonchev–Trinajstić information content (AvgIpc) is 2.41. The highest BCUT2D eigenvalue weighted by Gasteiger charge is 2.40. The molecule has 0 bridgehead atoms. The van der Waals surface area contributed by atoms with Crippen LogP contribution in [-0.2, 0) is 0 Å². The van der Waals surface area contributed by atoms with E-state index < -0.39 is 0 Å². The van der Waals surface area contributed by atoms with Gasteiger partial charge in [-0.1, -0.05) is 0 Å². The maximum atomic E-state index is 12.4. The largest absolute Gasteiger partial charge is 0.339 e. The van der Waals surface area contributed by atoms with Crippen molar-refractivity contribution >= 4 is 11.6 Å². The van der Waals surface area contributed by atoms with Crippen LogP contribution in [0.15, 0.2) is 18.3 Å². The van der Waals surface area contributed by atoms with Crippen LogP contribution in [-0.4, -0.2) is 53.9 Å². The minimum absolute atomic E-state index is 0.0739. The predicted molar refractivity (Wildman–Crippen MR) is 79.3 cm³/mol. The van der Waals surface area contributed by atoms with Crippen molar-refractivity contribution in [1.29, 1.82) is 0 Å². The highest BCUT2D eigenvalue weighted by molar-refractivity contribution is 5.93. The fourth-order valence-corrected chi connectivity index (χ4v) is 2.68. The summed E-state index contributed by atoms with van der Waals surface area (Å²) < 4.78 is 0. The molecule has 6 nitrogen and oxygen atoms in total. The van der Waals surface area contributed by atoms with Crippen molar-refractivity contribution in [2.75, 3.05) is 33.1 Å². The number of aromatic nitrogens is 1. The summed E-state index contributed by atoms with van der Waals surface area (Å²) in [6.45, 7) is 0.723. The standard InChI is InChI=1S/C14H23N5O/c1-18(2)14(6-4-7-14)10-19(3)13(20)12-9-11(17-15)5-8-16-12/h5,8-9H,4,6-7,10,15H2,1-3H3,(H,16,17). The lowest BCUT2D eigenvalue weighted by Crippen LogP contribution is -2.57. The molecule has 0 spiro atoms. The molecule has 2 rings (SSSR count). The molecule has 0 unspecified atom stereocenters. The van der Waals surface area contributed by atoms with Crippen molar-refractivity contribution in [2.24, 2.45) is 5.84 Å². The van der Waals surface area contributed by atoms with Gasteiger partial charge in [0.05, 0.1) is 5.69 Å². The molecule has 1 heterocycles. The van der Waals surface area contributed by atoms with Gasteiger partial charge in [0.1, 0.15) is 5.69 Å². The summed E-state index contributed by atoms with van der Waals surface area (Å²) in [6.07, 6.45) is 5.08. The van der Waals surface area contributed by atoms with E-state index in [4.69, 9.17) is 5.84 Å². The molecule has 0 atom stereocenters. The molecule has 0 aromatic carbocycles. The Bertz CT molecular complexity index is 484. The van der Waals surface area contributed by atoms with Gasteiger partial charge in [0.2, 0.25) is 0 Å². The molecule has 1 fully saturated rings. The number of rotatable bonds is 5. The van der Waals surface area contributed by atoms with Gasteiger partial charge < -0.3 is 15.2 Å². The van der Waals surface area contributed by atoms with Crippen molar-refractivity contribution in [3.05, 3.63) is 24.0 Å². The Labute approximate surface area is 119 Å². The van der Waals surface area contributed by atoms with Gasteiger partial charge in [-0.3, -0.25) is 15.6 Å². The summed E-state index contributed by atoms with van der Waals surface area (Å²) in [4.78, 5) is 20.5. The molecule has 20 heavy (non-hydrogen) atoms. The second-order valence-electron chi connectivity index (χ2n) is 5.71. The van der Waals surface area contributed by atoms with Crippen LogP contribution in [0.25, 0.3) is 0 Å². The van der Waals surface area contributed by atoms with Crippen LogP contribution in [0.4, 0.5) is 5.69 Å². The van der Waals surface area contributed by atoms with Crippen LogP contribution >= 0.6 is 0 Å². The third-order valence-corrected chi connectivity index (χ3v) is 4.26. The number of likely N-dealkylation sites (N-methyl/N-ethyl adjacent to an activating group) is 2. The summed E-state index contributed by atoms with van der Waals surface area (Å²) in [5.41, 5.74) is 3.75. The summed E-state index contributed by atoms with van der Waals surface area (Å²) in [6, 6.07) is 3.39. The quantitative estimate of drug-likeness (QED) is 0.618. The molecule has 0 aliphatic heterocycles. The van der Waals surface area contributed by atoms with E-state index >= 15 is 0 Å². The number of amides is 1. The van der Waals surface area contributed by atoms with E-state index in [1.54, 1.807) is 23.2 Å². The summed E-state index contributed by atoms with van der Waals surface area (Å²) in [5, 5.41) is 0. The second kappa shape index (κ2) is 5.76. The monoisotopic (exact) mass is 277 g/mol. The lowest BCUT2D eigenvalue weighted by atomic mass is 9.75. The minimum atomic E-state index is -0.0739. The van der Waals surface area contributed by atoms with E-state index in [0.29, 0.717) is 11.4 Å². The Hall–Kier alpha value is -1.66. The first kappa shape index (κ1) is 14.7. The Balaban J connectivity index is 2.08. The van der Waals surface area contributed by atoms with Crippen LogP contribution in [0, 0.1) is 0 Å². The Morgan fingerprint density at radius 2 is 2.15 bits per heavy atom. The molecule has 6 heteroatoms. The molecular formula is C14H23N5O. The molecular weight excluding hydrogens is 254 g/mol. The number of nitrogens with one attached hydrogen (secondary N) is 1. The molecule has 110 valence electrons. The molecule has 1 amide bonds. The van der Waals surface area contributed by atoms with Gasteiger partial charge in [-0.15, -0.1) is 0 Å². The van der Waals surface area contributed by atoms with Crippen LogP contribution in [0.1, 0.15) is 29.8 Å². The van der Waals surface area contributed by atoms with E-state index in [0.717, 1.165) is 19.4 Å². The normalized spacial score (nSPS) is 16.6. The SMILES string of the molecule is CN(CC1(N(C)C)CCC1)C(=O)c1cc(NN)ccn1. The molecule has 1 aliphatic carbocycles. The lowest BCUT2D eigenvalue weighted by molar-refractivity contribution is 0.0250. The molecule has 1 aromatic heterocycles. The molecule has 3 N–H and O–H groups in total. The fraction of sp³-hybridized carbons (Fsp3) is 0.571. The van der Waals surface area contributed by atoms with Gasteiger partial charge in [-0.25, -0.2) is 0 Å². The Morgan fingerprint density at radius 3 is 2.65 bits per heavy atom. The van der Waals surface area contributed by atoms with Crippen molar-refractivity contribution in [1.82, 2.24) is 14.8 Å². The third kappa shape index (κ3) is 2.76. The highest BCUT2D eigenvalue weighted by atomic mass is 16.2. The number of carbonyl (C=O) groups excluding carboxylic acids is 1. The highest BCUT2D eigenvalue weighted by Crippen LogP contribution is 2.36. The van der Waals surface area contributed by atoms with E-state index in [2.05, 4.69) is 29.4 Å². The number of pyridine rings is 1. The topological polar surface area (TPSA) is 74.5 Å². The summed E-state index contributed by atoms with van der Waals surface area (Å²) in [7, 11) is 5.99. The van der Waals surface area contributed by atoms with E-state index in [1.807, 2.05) is 7.05 Å². The number of hydrogen-bond acceptors (Lipinski definition) is 5. The first-order valence-electron chi connectivity index (χ1n) is 6.84. The van der Waals surface area contributed by atoms with Gasteiger partial charge in [-0.05, 0) is 45.5 Å². The van der Waals surface area contributed by atoms with Gasteiger partial charge in [0, 0.05) is 25.3 Å². The van der Waals surface area contributed by atoms with Crippen molar-refractivity contribution in [3.63, 3.8) is 0 Å². The van der Waals surface area contributed by atoms with Crippen LogP contribution < -0.4 is 11.3 Å². The predicted octanol–water partition coefficient (Wildman–Crippen LogP) is 0.924. The second-order valence-corrected chi connectivity index (χ2v) is 5.71. The van der Waals surface area contributed by atoms with Crippen LogP contribution in [0.3, 0.4) is 0 Å². The van der Waals surface area contributed by atoms with Crippen LogP contribution in [0.2, 0.25) is 0 Å². The van der Waals surface area contributed by atoms with Crippen molar-refractivity contribution < 1.29 is 4.79 Å². The van der Waals surface area contributed by atoms with Gasteiger partial charge in [-0.2, -0.15) is 0 Å². The van der Waals surface area contributed by atoms with Gasteiger partial charge >= 0.3 is 0 Å². The number of nitrogen functional groups attached to an aromatic ring is 1. The molecule has 1 aliphatic rings. The molecule has 0 saturated heterocycles. The number of nitrogens with zero attached hydrogens (tertiary/aromatic N) is 3. The molecule has 1 aromatic rings. The maximum Gasteiger partial charge on any atom is 0.272 e. The third-order valence-electron chi connectivity index (χ3n) is 4.26. The van der Waals surface area contributed by atoms with E-state index in [9.17, 15) is 4.79 Å². The number of anilines is 1. The fourth-order valence-electron chi connectivity index (χ4n) is 2.68. The average molecular weight is 277 g/mol. The first-order chi connectivity index (χ1) is 9.48. The number of hydrogen-bond donors (Lipinski definition) is 2. The molecule has 1 saturated carbocycles. The van der Waals surface area contributed by atoms with Gasteiger partial charge in [0.15, 0.2) is 0 Å². The Kier molecular flexibility index (Phi) is 4.25. The first-order valence-corrected chi connectivity index (χ1v) is 6.84. The van der Waals surface area contributed by atoms with Crippen LogP contribution in [0.5, 0.6) is 0 Å². The maximum absolute atomic E-state index is 12.4. The van der Waals surface area contributed by atoms with Crippen molar-refractivity contribution in [3.8, 4) is 0 Å². The number of nitrogens with two attached hydrogens (primary N) is 1. The minimum Gasteiger partial charge on any atom is -0.339 e. The Morgan fingerprint density at radius 1 is 1.45 bits per heavy atom. The number of hydrazine groups is 1. The summed E-state index contributed by atoms with van der Waals surface area (Å²) in [5.74, 6) is 5.28. The number of carbonyl (C=O) groups is 1. The van der Waals surface area contributed by atoms with E-state index in [1.165, 1.54) is 6.42 Å². The lowest BCUT2D eigenvalue weighted by Gasteiger charge is -2.49. The molecule has 0 radical (unpaired) electrons. The zero-order valence-electron chi connectivity index (χ0n) is 12.4. The van der Waals surface area contributed by atoms with Crippen molar-refractivity contribution in [2.45, 2.75) is 24.8 Å².